The van der Waals surface area contributed by atoms with Gasteiger partial charge in [0.15, 0.2) is 5.78 Å². The van der Waals surface area contributed by atoms with Crippen LogP contribution in [0.1, 0.15) is 28.4 Å². The van der Waals surface area contributed by atoms with Crippen LogP contribution in [0.15, 0.2) is 18.2 Å². The number of hydrogen-bond acceptors (Lipinski definition) is 2. The van der Waals surface area contributed by atoms with Crippen LogP contribution in [-0.4, -0.2) is 18.9 Å². The zero-order chi connectivity index (χ0) is 10.7. The molecule has 3 heteroatoms. The van der Waals surface area contributed by atoms with Crippen molar-refractivity contribution in [2.75, 3.05) is 7.05 Å². The third-order valence-electron chi connectivity index (χ3n) is 2.70. The molecule has 0 spiro atoms. The fourth-order valence-corrected chi connectivity index (χ4v) is 1.38. The molecule has 0 aliphatic rings. The molecule has 0 aliphatic carbocycles. The summed E-state index contributed by atoms with van der Waals surface area (Å²) < 4.78 is 0. The van der Waals surface area contributed by atoms with Crippen molar-refractivity contribution in [3.8, 4) is 0 Å². The van der Waals surface area contributed by atoms with Gasteiger partial charge in [0.1, 0.15) is 0 Å². The van der Waals surface area contributed by atoms with Crippen LogP contribution < -0.4 is 5.32 Å². The van der Waals surface area contributed by atoms with Crippen molar-refractivity contribution < 1.29 is 4.79 Å². The maximum atomic E-state index is 11.9. The number of likely N-dealkylation sites (N-methyl/N-ethyl adjacent to an activating group) is 1. The van der Waals surface area contributed by atoms with Crippen molar-refractivity contribution in [1.82, 2.24) is 5.32 Å². The van der Waals surface area contributed by atoms with Gasteiger partial charge in [0.05, 0.1) is 6.04 Å². The van der Waals surface area contributed by atoms with Gasteiger partial charge in [0, 0.05) is 5.56 Å². The average molecular weight is 228 g/mol. The highest BCUT2D eigenvalue weighted by atomic mass is 35.5. The van der Waals surface area contributed by atoms with Crippen LogP contribution in [-0.2, 0) is 0 Å². The molecule has 2 nitrogen and oxygen atoms in total. The number of rotatable bonds is 3. The molecule has 0 heterocycles. The van der Waals surface area contributed by atoms with Gasteiger partial charge in [0.25, 0.3) is 0 Å². The molecular formula is C12H18ClNO. The highest BCUT2D eigenvalue weighted by Crippen LogP contribution is 2.14. The van der Waals surface area contributed by atoms with E-state index in [0.29, 0.717) is 0 Å². The van der Waals surface area contributed by atoms with Crippen molar-refractivity contribution in [1.29, 1.82) is 0 Å². The standard InChI is InChI=1S/C12H17NO.ClH/c1-8-6-5-7-11(9(8)2)12(14)10(3)13-4;/h5-7,10,13H,1-4H3;1H. The lowest BCUT2D eigenvalue weighted by Gasteiger charge is -2.12. The van der Waals surface area contributed by atoms with Gasteiger partial charge in [-0.2, -0.15) is 0 Å². The van der Waals surface area contributed by atoms with Gasteiger partial charge >= 0.3 is 0 Å². The van der Waals surface area contributed by atoms with E-state index < -0.39 is 0 Å². The van der Waals surface area contributed by atoms with Crippen LogP contribution >= 0.6 is 12.4 Å². The molecule has 1 unspecified atom stereocenters. The van der Waals surface area contributed by atoms with Gasteiger partial charge in [-0.3, -0.25) is 4.79 Å². The van der Waals surface area contributed by atoms with Crippen molar-refractivity contribution in [3.63, 3.8) is 0 Å². The Morgan fingerprint density at radius 1 is 1.33 bits per heavy atom. The highest BCUT2D eigenvalue weighted by Gasteiger charge is 2.15. The first-order valence-corrected chi connectivity index (χ1v) is 4.85. The number of Topliss-reactive ketones (excluding diaryl/α,β-unsaturated/α-hetero) is 1. The molecule has 0 fully saturated rings. The third-order valence-corrected chi connectivity index (χ3v) is 2.70. The van der Waals surface area contributed by atoms with Gasteiger partial charge in [-0.25, -0.2) is 0 Å². The van der Waals surface area contributed by atoms with E-state index in [2.05, 4.69) is 5.32 Å². The minimum absolute atomic E-state index is 0. The van der Waals surface area contributed by atoms with Gasteiger partial charge in [-0.05, 0) is 38.9 Å². The molecule has 0 radical (unpaired) electrons. The Labute approximate surface area is 97.5 Å². The van der Waals surface area contributed by atoms with Crippen LogP contribution in [0.4, 0.5) is 0 Å². The minimum Gasteiger partial charge on any atom is -0.310 e. The Kier molecular flexibility index (Phi) is 5.55. The SMILES string of the molecule is CNC(C)C(=O)c1cccc(C)c1C.Cl. The summed E-state index contributed by atoms with van der Waals surface area (Å²) in [5.41, 5.74) is 3.07. The smallest absolute Gasteiger partial charge is 0.179 e. The van der Waals surface area contributed by atoms with Gasteiger partial charge in [-0.15, -0.1) is 12.4 Å². The fourth-order valence-electron chi connectivity index (χ4n) is 1.38. The second kappa shape index (κ2) is 5.89. The molecule has 1 atom stereocenters. The van der Waals surface area contributed by atoms with Gasteiger partial charge < -0.3 is 5.32 Å². The number of hydrogen-bond donors (Lipinski definition) is 1. The summed E-state index contributed by atoms with van der Waals surface area (Å²) >= 11 is 0. The lowest BCUT2D eigenvalue weighted by Crippen LogP contribution is -2.31. The molecule has 0 saturated heterocycles. The van der Waals surface area contributed by atoms with Crippen molar-refractivity contribution in [2.45, 2.75) is 26.8 Å². The van der Waals surface area contributed by atoms with E-state index in [4.69, 9.17) is 0 Å². The largest absolute Gasteiger partial charge is 0.310 e. The van der Waals surface area contributed by atoms with Crippen LogP contribution in [0.2, 0.25) is 0 Å². The highest BCUT2D eigenvalue weighted by molar-refractivity contribution is 6.01. The summed E-state index contributed by atoms with van der Waals surface area (Å²) in [7, 11) is 1.80. The number of nitrogens with one attached hydrogen (secondary N) is 1. The number of carbonyl (C=O) groups is 1. The first-order valence-electron chi connectivity index (χ1n) is 4.85. The van der Waals surface area contributed by atoms with Gasteiger partial charge in [-0.1, -0.05) is 18.2 Å². The Hall–Kier alpha value is -0.860. The molecule has 0 saturated carbocycles. The lowest BCUT2D eigenvalue weighted by atomic mass is 9.97. The predicted molar refractivity (Wildman–Crippen MR) is 66.0 cm³/mol. The predicted octanol–water partition coefficient (Wildman–Crippen LogP) is 2.52. The van der Waals surface area contributed by atoms with E-state index >= 15 is 0 Å². The minimum atomic E-state index is -0.115. The number of benzene rings is 1. The molecule has 1 rings (SSSR count). The van der Waals surface area contributed by atoms with Gasteiger partial charge in [0.2, 0.25) is 0 Å². The molecule has 1 N–H and O–H groups in total. The van der Waals surface area contributed by atoms with Crippen LogP contribution in [0.5, 0.6) is 0 Å². The molecular weight excluding hydrogens is 210 g/mol. The summed E-state index contributed by atoms with van der Waals surface area (Å²) in [5, 5.41) is 2.96. The van der Waals surface area contributed by atoms with Crippen LogP contribution in [0.3, 0.4) is 0 Å². The van der Waals surface area contributed by atoms with E-state index in [0.717, 1.165) is 11.1 Å². The van der Waals surface area contributed by atoms with E-state index in [1.54, 1.807) is 7.05 Å². The monoisotopic (exact) mass is 227 g/mol. The second-order valence-electron chi connectivity index (χ2n) is 3.62. The molecule has 1 aromatic carbocycles. The number of halogens is 1. The Morgan fingerprint density at radius 3 is 2.47 bits per heavy atom. The van der Waals surface area contributed by atoms with E-state index in [9.17, 15) is 4.79 Å². The molecule has 0 bridgehead atoms. The Bertz CT molecular complexity index is 349. The molecule has 0 amide bonds. The topological polar surface area (TPSA) is 29.1 Å². The summed E-state index contributed by atoms with van der Waals surface area (Å²) in [6, 6.07) is 5.72. The van der Waals surface area contributed by atoms with Crippen molar-refractivity contribution >= 4 is 18.2 Å². The second-order valence-corrected chi connectivity index (χ2v) is 3.62. The summed E-state index contributed by atoms with van der Waals surface area (Å²) in [6.45, 7) is 5.89. The molecule has 1 aromatic rings. The average Bonchev–Trinajstić information content (AvgIpc) is 2.20. The maximum absolute atomic E-state index is 11.9. The van der Waals surface area contributed by atoms with E-state index in [1.807, 2.05) is 39.0 Å². The molecule has 0 aromatic heterocycles. The summed E-state index contributed by atoms with van der Waals surface area (Å²) in [4.78, 5) is 11.9. The van der Waals surface area contributed by atoms with Crippen molar-refractivity contribution in [3.05, 3.63) is 34.9 Å². The van der Waals surface area contributed by atoms with Crippen LogP contribution in [0, 0.1) is 13.8 Å². The molecule has 15 heavy (non-hydrogen) atoms. The zero-order valence-corrected chi connectivity index (χ0v) is 10.4. The number of ketones is 1. The lowest BCUT2D eigenvalue weighted by molar-refractivity contribution is 0.0954. The first-order chi connectivity index (χ1) is 6.57. The van der Waals surface area contributed by atoms with Crippen LogP contribution in [0.25, 0.3) is 0 Å². The maximum Gasteiger partial charge on any atom is 0.179 e. The fraction of sp³-hybridized carbons (Fsp3) is 0.417. The van der Waals surface area contributed by atoms with Crippen molar-refractivity contribution in [2.24, 2.45) is 0 Å². The molecule has 84 valence electrons. The summed E-state index contributed by atoms with van der Waals surface area (Å²) in [6.07, 6.45) is 0. The first kappa shape index (κ1) is 14.1. The van der Waals surface area contributed by atoms with E-state index in [-0.39, 0.29) is 24.2 Å². The number of carbonyl (C=O) groups excluding carboxylic acids is 1. The quantitative estimate of drug-likeness (QED) is 0.805. The Balaban J connectivity index is 0.00000196. The zero-order valence-electron chi connectivity index (χ0n) is 9.63. The number of aryl methyl sites for hydroxylation is 1. The third kappa shape index (κ3) is 3.05. The molecule has 0 aliphatic heterocycles. The summed E-state index contributed by atoms with van der Waals surface area (Å²) in [5.74, 6) is 0.161. The Morgan fingerprint density at radius 2 is 1.93 bits per heavy atom. The van der Waals surface area contributed by atoms with E-state index in [1.165, 1.54) is 5.56 Å². The normalized spacial score (nSPS) is 11.7.